The molecule has 5 heteroatoms. The van der Waals surface area contributed by atoms with Crippen LogP contribution >= 0.6 is 0 Å². The summed E-state index contributed by atoms with van der Waals surface area (Å²) in [5.41, 5.74) is 2.00. The number of hydrogen-bond acceptors (Lipinski definition) is 5. The summed E-state index contributed by atoms with van der Waals surface area (Å²) in [6.45, 7) is 6.11. The van der Waals surface area contributed by atoms with E-state index in [9.17, 15) is 0 Å². The number of pyridine rings is 1. The fourth-order valence-electron chi connectivity index (χ4n) is 2.74. The third-order valence-corrected chi connectivity index (χ3v) is 4.06. The van der Waals surface area contributed by atoms with E-state index in [0.29, 0.717) is 0 Å². The Morgan fingerprint density at radius 2 is 1.91 bits per heavy atom. The smallest absolute Gasteiger partial charge is 0.160 e. The van der Waals surface area contributed by atoms with Crippen LogP contribution in [0, 0.1) is 12.3 Å². The van der Waals surface area contributed by atoms with Crippen molar-refractivity contribution in [2.75, 3.05) is 32.7 Å². The quantitative estimate of drug-likeness (QED) is 0.787. The van der Waals surface area contributed by atoms with E-state index >= 15 is 0 Å². The number of aromatic nitrogens is 3. The topological polar surface area (TPSA) is 45.2 Å². The molecule has 3 rings (SSSR count). The highest BCUT2D eigenvalue weighted by Crippen LogP contribution is 2.14. The van der Waals surface area contributed by atoms with Gasteiger partial charge in [0.15, 0.2) is 5.82 Å². The highest BCUT2D eigenvalue weighted by atomic mass is 15.3. The summed E-state index contributed by atoms with van der Waals surface area (Å²) in [7, 11) is 0. The van der Waals surface area contributed by atoms with E-state index in [1.54, 1.807) is 12.4 Å². The predicted octanol–water partition coefficient (Wildman–Crippen LogP) is 1.68. The Balaban J connectivity index is 1.58. The van der Waals surface area contributed by atoms with E-state index in [2.05, 4.69) is 30.7 Å². The van der Waals surface area contributed by atoms with Gasteiger partial charge >= 0.3 is 0 Å². The van der Waals surface area contributed by atoms with Crippen molar-refractivity contribution in [2.45, 2.75) is 13.0 Å². The molecule has 1 aliphatic heterocycles. The minimum Gasteiger partial charge on any atom is -0.300 e. The molecule has 23 heavy (non-hydrogen) atoms. The second-order valence-electron chi connectivity index (χ2n) is 5.69. The highest BCUT2D eigenvalue weighted by Gasteiger charge is 2.17. The summed E-state index contributed by atoms with van der Waals surface area (Å²) in [5.74, 6) is 3.45. The van der Waals surface area contributed by atoms with E-state index in [1.165, 1.54) is 0 Å². The van der Waals surface area contributed by atoms with Crippen LogP contribution in [0.25, 0.3) is 11.4 Å². The van der Waals surface area contributed by atoms with Crippen molar-refractivity contribution in [2.24, 2.45) is 0 Å². The number of rotatable bonds is 5. The first kappa shape index (κ1) is 15.6. The monoisotopic (exact) mass is 307 g/mol. The molecule has 0 N–H and O–H groups in total. The minimum atomic E-state index is 0.739. The van der Waals surface area contributed by atoms with Gasteiger partial charge in [0.05, 0.1) is 5.69 Å². The Hall–Kier alpha value is -2.29. The number of piperazine rings is 1. The fourth-order valence-corrected chi connectivity index (χ4v) is 2.74. The van der Waals surface area contributed by atoms with Crippen LogP contribution in [0.1, 0.15) is 12.1 Å². The van der Waals surface area contributed by atoms with Crippen molar-refractivity contribution < 1.29 is 0 Å². The van der Waals surface area contributed by atoms with E-state index < -0.39 is 0 Å². The van der Waals surface area contributed by atoms with Crippen LogP contribution in [0.2, 0.25) is 0 Å². The molecule has 2 aromatic heterocycles. The molecule has 0 bridgehead atoms. The van der Waals surface area contributed by atoms with E-state index in [0.717, 1.165) is 62.8 Å². The SMILES string of the molecule is C#CCCN1CCN(Cc2ccnc(-c3cccnc3)n2)CC1. The Kier molecular flexibility index (Phi) is 5.30. The molecule has 118 valence electrons. The van der Waals surface area contributed by atoms with Crippen molar-refractivity contribution in [3.8, 4) is 23.7 Å². The predicted molar refractivity (Wildman–Crippen MR) is 90.4 cm³/mol. The van der Waals surface area contributed by atoms with Crippen LogP contribution < -0.4 is 0 Å². The van der Waals surface area contributed by atoms with Gasteiger partial charge in [-0.1, -0.05) is 0 Å². The lowest BCUT2D eigenvalue weighted by Crippen LogP contribution is -2.46. The maximum absolute atomic E-state index is 5.33. The van der Waals surface area contributed by atoms with Crippen molar-refractivity contribution >= 4 is 0 Å². The molecule has 0 radical (unpaired) electrons. The third-order valence-electron chi connectivity index (χ3n) is 4.06. The zero-order valence-electron chi connectivity index (χ0n) is 13.2. The number of nitrogens with zero attached hydrogens (tertiary/aromatic N) is 5. The van der Waals surface area contributed by atoms with Crippen LogP contribution in [-0.2, 0) is 6.54 Å². The normalized spacial score (nSPS) is 16.1. The van der Waals surface area contributed by atoms with Gasteiger partial charge in [0.25, 0.3) is 0 Å². The van der Waals surface area contributed by atoms with E-state index in [1.807, 2.05) is 24.4 Å². The Morgan fingerprint density at radius 1 is 1.09 bits per heavy atom. The summed E-state index contributed by atoms with van der Waals surface area (Å²) in [6.07, 6.45) is 11.5. The van der Waals surface area contributed by atoms with Crippen LogP contribution in [0.5, 0.6) is 0 Å². The van der Waals surface area contributed by atoms with Gasteiger partial charge in [-0.3, -0.25) is 14.8 Å². The second-order valence-corrected chi connectivity index (χ2v) is 5.69. The lowest BCUT2D eigenvalue weighted by atomic mass is 10.2. The maximum Gasteiger partial charge on any atom is 0.160 e. The average Bonchev–Trinajstić information content (AvgIpc) is 2.62. The van der Waals surface area contributed by atoms with Crippen LogP contribution in [0.3, 0.4) is 0 Å². The molecule has 5 nitrogen and oxygen atoms in total. The summed E-state index contributed by atoms with van der Waals surface area (Å²) in [6, 6.07) is 5.88. The second kappa shape index (κ2) is 7.82. The molecule has 0 unspecified atom stereocenters. The molecule has 0 saturated carbocycles. The summed E-state index contributed by atoms with van der Waals surface area (Å²) in [5, 5.41) is 0. The number of terminal acetylenes is 1. The Bertz CT molecular complexity index is 657. The summed E-state index contributed by atoms with van der Waals surface area (Å²) < 4.78 is 0. The average molecular weight is 307 g/mol. The molecule has 2 aromatic rings. The zero-order chi connectivity index (χ0) is 15.9. The van der Waals surface area contributed by atoms with Crippen LogP contribution in [0.15, 0.2) is 36.8 Å². The first-order valence-electron chi connectivity index (χ1n) is 7.95. The van der Waals surface area contributed by atoms with Gasteiger partial charge in [0.2, 0.25) is 0 Å². The molecular formula is C18H21N5. The van der Waals surface area contributed by atoms with Crippen molar-refractivity contribution in [1.82, 2.24) is 24.8 Å². The first-order chi connectivity index (χ1) is 11.3. The molecule has 1 aliphatic rings. The summed E-state index contributed by atoms with van der Waals surface area (Å²) in [4.78, 5) is 18.0. The molecule has 0 aliphatic carbocycles. The molecule has 0 amide bonds. The maximum atomic E-state index is 5.33. The minimum absolute atomic E-state index is 0.739. The van der Waals surface area contributed by atoms with Crippen molar-refractivity contribution in [3.63, 3.8) is 0 Å². The number of hydrogen-bond donors (Lipinski definition) is 0. The van der Waals surface area contributed by atoms with Crippen molar-refractivity contribution in [1.29, 1.82) is 0 Å². The fraction of sp³-hybridized carbons (Fsp3) is 0.389. The van der Waals surface area contributed by atoms with E-state index in [-0.39, 0.29) is 0 Å². The van der Waals surface area contributed by atoms with Crippen LogP contribution in [0.4, 0.5) is 0 Å². The third kappa shape index (κ3) is 4.35. The lowest BCUT2D eigenvalue weighted by Gasteiger charge is -2.34. The van der Waals surface area contributed by atoms with E-state index in [4.69, 9.17) is 6.42 Å². The van der Waals surface area contributed by atoms with Crippen LogP contribution in [-0.4, -0.2) is 57.5 Å². The van der Waals surface area contributed by atoms with Gasteiger partial charge in [-0.15, -0.1) is 12.3 Å². The van der Waals surface area contributed by atoms with Crippen molar-refractivity contribution in [3.05, 3.63) is 42.5 Å². The Morgan fingerprint density at radius 3 is 2.65 bits per heavy atom. The molecule has 1 saturated heterocycles. The highest BCUT2D eigenvalue weighted by molar-refractivity contribution is 5.52. The molecular weight excluding hydrogens is 286 g/mol. The Labute approximate surface area is 137 Å². The van der Waals surface area contributed by atoms with Gasteiger partial charge in [0, 0.05) is 69.8 Å². The first-order valence-corrected chi connectivity index (χ1v) is 7.95. The molecule has 1 fully saturated rings. The molecule has 0 atom stereocenters. The summed E-state index contributed by atoms with van der Waals surface area (Å²) >= 11 is 0. The van der Waals surface area contributed by atoms with Gasteiger partial charge < -0.3 is 0 Å². The standard InChI is InChI=1S/C18H21N5/c1-2-3-9-22-10-12-23(13-11-22)15-17-6-8-20-18(21-17)16-5-4-7-19-14-16/h1,4-8,14H,3,9-13,15H2. The van der Waals surface area contributed by atoms with Gasteiger partial charge in [-0.05, 0) is 18.2 Å². The van der Waals surface area contributed by atoms with Gasteiger partial charge in [-0.25, -0.2) is 9.97 Å². The molecule has 3 heterocycles. The molecule has 0 aromatic carbocycles. The van der Waals surface area contributed by atoms with Gasteiger partial charge in [0.1, 0.15) is 0 Å². The zero-order valence-corrected chi connectivity index (χ0v) is 13.2. The largest absolute Gasteiger partial charge is 0.300 e. The van der Waals surface area contributed by atoms with Gasteiger partial charge in [-0.2, -0.15) is 0 Å². The lowest BCUT2D eigenvalue weighted by molar-refractivity contribution is 0.128. The molecule has 0 spiro atoms.